The monoisotopic (exact) mass is 346 g/mol. The molecule has 3 heterocycles. The van der Waals surface area contributed by atoms with Crippen molar-refractivity contribution in [1.29, 1.82) is 0 Å². The molecule has 8 nitrogen and oxygen atoms in total. The number of hydrogen-bond donors (Lipinski definition) is 3. The van der Waals surface area contributed by atoms with Gasteiger partial charge in [-0.15, -0.1) is 0 Å². The molecule has 0 radical (unpaired) electrons. The fourth-order valence-corrected chi connectivity index (χ4v) is 2.99. The number of benzene rings is 1. The predicted molar refractivity (Wildman–Crippen MR) is 99.9 cm³/mol. The molecular formula is C18H18N8. The summed E-state index contributed by atoms with van der Waals surface area (Å²) in [5, 5.41) is 19.2. The zero-order valence-corrected chi connectivity index (χ0v) is 14.3. The van der Waals surface area contributed by atoms with Gasteiger partial charge >= 0.3 is 0 Å². The first-order valence-electron chi connectivity index (χ1n) is 8.59. The molecule has 130 valence electrons. The highest BCUT2D eigenvalue weighted by atomic mass is 15.2. The first-order valence-corrected chi connectivity index (χ1v) is 8.59. The van der Waals surface area contributed by atoms with E-state index in [0.29, 0.717) is 17.7 Å². The van der Waals surface area contributed by atoms with Crippen LogP contribution in [0.25, 0.3) is 10.9 Å². The maximum Gasteiger partial charge on any atom is 0.229 e. The van der Waals surface area contributed by atoms with E-state index in [-0.39, 0.29) is 0 Å². The second-order valence-corrected chi connectivity index (χ2v) is 6.54. The minimum atomic E-state index is 0.524. The third-order valence-electron chi connectivity index (χ3n) is 4.53. The van der Waals surface area contributed by atoms with Gasteiger partial charge in [0, 0.05) is 42.0 Å². The van der Waals surface area contributed by atoms with Crippen LogP contribution in [-0.2, 0) is 7.05 Å². The average molecular weight is 346 g/mol. The Morgan fingerprint density at radius 1 is 1.12 bits per heavy atom. The van der Waals surface area contributed by atoms with Crippen molar-refractivity contribution in [2.75, 3.05) is 10.6 Å². The molecule has 8 heteroatoms. The van der Waals surface area contributed by atoms with Crippen LogP contribution in [0.5, 0.6) is 0 Å². The van der Waals surface area contributed by atoms with Crippen molar-refractivity contribution >= 4 is 34.2 Å². The molecule has 1 saturated carbocycles. The summed E-state index contributed by atoms with van der Waals surface area (Å²) in [4.78, 5) is 8.80. The number of H-pyrrole nitrogens is 1. The quantitative estimate of drug-likeness (QED) is 0.512. The van der Waals surface area contributed by atoms with E-state index in [1.165, 1.54) is 18.5 Å². The van der Waals surface area contributed by atoms with Crippen molar-refractivity contribution in [1.82, 2.24) is 29.9 Å². The summed E-state index contributed by atoms with van der Waals surface area (Å²) in [5.74, 6) is 2.63. The van der Waals surface area contributed by atoms with Gasteiger partial charge < -0.3 is 10.6 Å². The Hall–Kier alpha value is -3.42. The first kappa shape index (κ1) is 14.9. The molecule has 3 N–H and O–H groups in total. The Kier molecular flexibility index (Phi) is 3.34. The van der Waals surface area contributed by atoms with E-state index in [1.54, 1.807) is 6.20 Å². The molecule has 26 heavy (non-hydrogen) atoms. The molecule has 0 unspecified atom stereocenters. The number of rotatable bonds is 5. The van der Waals surface area contributed by atoms with Crippen LogP contribution in [0.2, 0.25) is 0 Å². The second-order valence-electron chi connectivity index (χ2n) is 6.54. The Bertz CT molecular complexity index is 1080. The molecule has 3 aromatic heterocycles. The van der Waals surface area contributed by atoms with Gasteiger partial charge in [-0.25, -0.2) is 4.98 Å². The maximum atomic E-state index is 4.51. The summed E-state index contributed by atoms with van der Waals surface area (Å²) < 4.78 is 1.85. The van der Waals surface area contributed by atoms with Crippen molar-refractivity contribution < 1.29 is 0 Å². The highest BCUT2D eigenvalue weighted by molar-refractivity contribution is 5.83. The van der Waals surface area contributed by atoms with E-state index in [0.717, 1.165) is 22.4 Å². The van der Waals surface area contributed by atoms with Crippen LogP contribution in [-0.4, -0.2) is 29.9 Å². The van der Waals surface area contributed by atoms with Gasteiger partial charge in [0.2, 0.25) is 5.95 Å². The van der Waals surface area contributed by atoms with Gasteiger partial charge in [-0.1, -0.05) is 0 Å². The highest BCUT2D eigenvalue weighted by Gasteiger charge is 2.25. The molecule has 0 atom stereocenters. The summed E-state index contributed by atoms with van der Waals surface area (Å²) in [5.41, 5.74) is 3.18. The number of hydrogen-bond acceptors (Lipinski definition) is 6. The third-order valence-corrected chi connectivity index (χ3v) is 4.53. The fraction of sp³-hybridized carbons (Fsp3) is 0.222. The number of aryl methyl sites for hydroxylation is 1. The Morgan fingerprint density at radius 3 is 2.92 bits per heavy atom. The lowest BCUT2D eigenvalue weighted by Gasteiger charge is -2.07. The molecule has 1 aromatic carbocycles. The van der Waals surface area contributed by atoms with E-state index < -0.39 is 0 Å². The number of aromatic nitrogens is 6. The number of nitrogens with zero attached hydrogens (tertiary/aromatic N) is 5. The highest BCUT2D eigenvalue weighted by Crippen LogP contribution is 2.39. The fourth-order valence-electron chi connectivity index (χ4n) is 2.99. The Morgan fingerprint density at radius 2 is 2.04 bits per heavy atom. The number of nitrogens with one attached hydrogen (secondary N) is 3. The van der Waals surface area contributed by atoms with Gasteiger partial charge in [-0.3, -0.25) is 9.78 Å². The zero-order valence-electron chi connectivity index (χ0n) is 14.3. The van der Waals surface area contributed by atoms with Crippen molar-refractivity contribution in [3.63, 3.8) is 0 Å². The van der Waals surface area contributed by atoms with Crippen LogP contribution < -0.4 is 10.6 Å². The van der Waals surface area contributed by atoms with E-state index in [2.05, 4.69) is 35.9 Å². The molecule has 0 bridgehead atoms. The minimum Gasteiger partial charge on any atom is -0.324 e. The Balaban J connectivity index is 1.34. The summed E-state index contributed by atoms with van der Waals surface area (Å²) in [6.45, 7) is 0. The standard InChI is InChI=1S/C18H18N8/c1-26-15-5-4-13(8-12(15)10-20-26)21-18-19-7-6-16(23-18)22-17-9-14(24-25-17)11-2-3-11/h4-11H,2-3H2,1H3,(H3,19,21,22,23,24,25). The van der Waals surface area contributed by atoms with Crippen molar-refractivity contribution in [3.8, 4) is 0 Å². The van der Waals surface area contributed by atoms with E-state index in [4.69, 9.17) is 0 Å². The molecule has 0 aliphatic heterocycles. The van der Waals surface area contributed by atoms with E-state index >= 15 is 0 Å². The molecule has 5 rings (SSSR count). The van der Waals surface area contributed by atoms with Crippen LogP contribution in [0.1, 0.15) is 24.5 Å². The molecule has 0 amide bonds. The first-order chi connectivity index (χ1) is 12.7. The normalized spacial score (nSPS) is 13.9. The molecule has 0 spiro atoms. The molecule has 1 aliphatic carbocycles. The summed E-state index contributed by atoms with van der Waals surface area (Å²) in [6.07, 6.45) is 6.04. The van der Waals surface area contributed by atoms with Crippen LogP contribution in [0.15, 0.2) is 42.7 Å². The summed E-state index contributed by atoms with van der Waals surface area (Å²) >= 11 is 0. The van der Waals surface area contributed by atoms with Crippen LogP contribution in [0, 0.1) is 0 Å². The molecule has 0 saturated heterocycles. The maximum absolute atomic E-state index is 4.51. The van der Waals surface area contributed by atoms with Crippen LogP contribution in [0.3, 0.4) is 0 Å². The largest absolute Gasteiger partial charge is 0.324 e. The molecule has 1 aliphatic rings. The smallest absolute Gasteiger partial charge is 0.229 e. The van der Waals surface area contributed by atoms with Gasteiger partial charge in [0.05, 0.1) is 11.7 Å². The van der Waals surface area contributed by atoms with Gasteiger partial charge in [0.15, 0.2) is 5.82 Å². The topological polar surface area (TPSA) is 96.3 Å². The lowest BCUT2D eigenvalue weighted by Crippen LogP contribution is -2.00. The summed E-state index contributed by atoms with van der Waals surface area (Å²) in [7, 11) is 1.93. The number of aromatic amines is 1. The van der Waals surface area contributed by atoms with Crippen molar-refractivity contribution in [3.05, 3.63) is 48.4 Å². The lowest BCUT2D eigenvalue weighted by molar-refractivity contribution is 0.797. The summed E-state index contributed by atoms with van der Waals surface area (Å²) in [6, 6.07) is 9.91. The molecule has 4 aromatic rings. The average Bonchev–Trinajstić information content (AvgIpc) is 3.29. The minimum absolute atomic E-state index is 0.524. The number of anilines is 4. The molecular weight excluding hydrogens is 328 g/mol. The van der Waals surface area contributed by atoms with Crippen LogP contribution in [0.4, 0.5) is 23.3 Å². The SMILES string of the molecule is Cn1ncc2cc(Nc3nccc(Nc4cc(C5CC5)[nH]n4)n3)ccc21. The van der Waals surface area contributed by atoms with Gasteiger partial charge in [0.25, 0.3) is 0 Å². The van der Waals surface area contributed by atoms with E-state index in [1.807, 2.05) is 48.3 Å². The predicted octanol–water partition coefficient (Wildman–Crippen LogP) is 3.45. The third kappa shape index (κ3) is 2.85. The van der Waals surface area contributed by atoms with E-state index in [9.17, 15) is 0 Å². The number of fused-ring (bicyclic) bond motifs is 1. The van der Waals surface area contributed by atoms with Gasteiger partial charge in [-0.2, -0.15) is 15.2 Å². The Labute approximate surface area is 149 Å². The van der Waals surface area contributed by atoms with Crippen molar-refractivity contribution in [2.45, 2.75) is 18.8 Å². The molecule has 1 fully saturated rings. The van der Waals surface area contributed by atoms with Crippen LogP contribution >= 0.6 is 0 Å². The zero-order chi connectivity index (χ0) is 17.5. The van der Waals surface area contributed by atoms with Gasteiger partial charge in [-0.05, 0) is 37.1 Å². The lowest BCUT2D eigenvalue weighted by atomic mass is 10.2. The van der Waals surface area contributed by atoms with Gasteiger partial charge in [0.1, 0.15) is 5.82 Å². The van der Waals surface area contributed by atoms with Crippen molar-refractivity contribution in [2.24, 2.45) is 7.05 Å². The second kappa shape index (κ2) is 5.83.